The summed E-state index contributed by atoms with van der Waals surface area (Å²) in [6.45, 7) is 0.611. The van der Waals surface area contributed by atoms with Gasteiger partial charge in [-0.25, -0.2) is 0 Å². The number of benzene rings is 1. The molecule has 0 bridgehead atoms. The molecule has 104 valence electrons. The molecular weight excluding hydrogens is 274 g/mol. The fourth-order valence-electron chi connectivity index (χ4n) is 2.11. The molecule has 0 saturated heterocycles. The molecule has 1 aromatic heterocycles. The largest absolute Gasteiger partial charge is 0.384 e. The summed E-state index contributed by atoms with van der Waals surface area (Å²) in [5, 5.41) is 7.95. The van der Waals surface area contributed by atoms with Gasteiger partial charge < -0.3 is 10.6 Å². The molecular formula is C15H16ClN3O. The maximum atomic E-state index is 11.6. The van der Waals surface area contributed by atoms with E-state index in [1.165, 1.54) is 0 Å². The number of fused-ring (bicyclic) bond motifs is 1. The monoisotopic (exact) mass is 289 g/mol. The summed E-state index contributed by atoms with van der Waals surface area (Å²) < 4.78 is 0. The third-order valence-electron chi connectivity index (χ3n) is 3.31. The van der Waals surface area contributed by atoms with E-state index in [-0.39, 0.29) is 5.91 Å². The van der Waals surface area contributed by atoms with Crippen molar-refractivity contribution in [2.24, 2.45) is 0 Å². The number of pyridine rings is 1. The van der Waals surface area contributed by atoms with Crippen molar-refractivity contribution in [3.05, 3.63) is 35.5 Å². The molecule has 0 unspecified atom stereocenters. The van der Waals surface area contributed by atoms with Crippen LogP contribution in [0.5, 0.6) is 0 Å². The lowest BCUT2D eigenvalue weighted by Crippen LogP contribution is -2.27. The van der Waals surface area contributed by atoms with Crippen molar-refractivity contribution in [1.82, 2.24) is 10.3 Å². The van der Waals surface area contributed by atoms with Crippen molar-refractivity contribution in [3.8, 4) is 0 Å². The minimum Gasteiger partial charge on any atom is -0.384 e. The summed E-state index contributed by atoms with van der Waals surface area (Å²) in [5.41, 5.74) is 1.83. The van der Waals surface area contributed by atoms with Crippen LogP contribution in [0.4, 0.5) is 5.69 Å². The van der Waals surface area contributed by atoms with Gasteiger partial charge in [-0.15, -0.1) is 0 Å². The van der Waals surface area contributed by atoms with E-state index in [9.17, 15) is 4.79 Å². The summed E-state index contributed by atoms with van der Waals surface area (Å²) >= 11 is 5.96. The molecule has 20 heavy (non-hydrogen) atoms. The van der Waals surface area contributed by atoms with E-state index in [0.29, 0.717) is 24.0 Å². The first kappa shape index (κ1) is 13.2. The van der Waals surface area contributed by atoms with Gasteiger partial charge in [-0.1, -0.05) is 11.6 Å². The quantitative estimate of drug-likeness (QED) is 0.890. The van der Waals surface area contributed by atoms with Crippen molar-refractivity contribution in [1.29, 1.82) is 0 Å². The van der Waals surface area contributed by atoms with Crippen LogP contribution < -0.4 is 10.6 Å². The molecule has 0 spiro atoms. The predicted molar refractivity (Wildman–Crippen MR) is 81.0 cm³/mol. The van der Waals surface area contributed by atoms with E-state index in [0.717, 1.165) is 29.4 Å². The molecule has 1 aromatic carbocycles. The van der Waals surface area contributed by atoms with E-state index in [1.54, 1.807) is 6.20 Å². The van der Waals surface area contributed by atoms with Gasteiger partial charge in [0.05, 0.1) is 5.52 Å². The summed E-state index contributed by atoms with van der Waals surface area (Å²) in [6, 6.07) is 7.96. The molecule has 1 heterocycles. The van der Waals surface area contributed by atoms with Gasteiger partial charge in [-0.05, 0) is 37.1 Å². The van der Waals surface area contributed by atoms with E-state index in [2.05, 4.69) is 15.6 Å². The number of aromatic nitrogens is 1. The molecule has 1 fully saturated rings. The molecule has 0 aliphatic heterocycles. The number of halogens is 1. The van der Waals surface area contributed by atoms with Gasteiger partial charge in [0.25, 0.3) is 0 Å². The van der Waals surface area contributed by atoms with E-state index >= 15 is 0 Å². The molecule has 1 aliphatic carbocycles. The minimum atomic E-state index is 0.112. The Hall–Kier alpha value is -1.81. The lowest BCUT2D eigenvalue weighted by Gasteiger charge is -2.09. The number of amides is 1. The van der Waals surface area contributed by atoms with Crippen molar-refractivity contribution < 1.29 is 4.79 Å². The molecule has 1 saturated carbocycles. The lowest BCUT2D eigenvalue weighted by atomic mass is 10.2. The normalized spacial score (nSPS) is 14.2. The molecule has 5 heteroatoms. The van der Waals surface area contributed by atoms with E-state index in [1.807, 2.05) is 24.3 Å². The Kier molecular flexibility index (Phi) is 3.74. The van der Waals surface area contributed by atoms with E-state index in [4.69, 9.17) is 11.6 Å². The average molecular weight is 290 g/mol. The Balaban J connectivity index is 1.63. The number of nitrogens with one attached hydrogen (secondary N) is 2. The highest BCUT2D eigenvalue weighted by atomic mass is 35.5. The molecule has 1 amide bonds. The third kappa shape index (κ3) is 3.20. The number of nitrogens with zero attached hydrogens (tertiary/aromatic N) is 1. The number of rotatable bonds is 5. The summed E-state index contributed by atoms with van der Waals surface area (Å²) in [7, 11) is 0. The SMILES string of the molecule is O=C(CCNc1ccnc2cc(Cl)ccc12)NC1CC1. The Morgan fingerprint density at radius 3 is 3.00 bits per heavy atom. The molecule has 1 aliphatic rings. The summed E-state index contributed by atoms with van der Waals surface area (Å²) in [4.78, 5) is 15.9. The lowest BCUT2D eigenvalue weighted by molar-refractivity contribution is -0.120. The van der Waals surface area contributed by atoms with E-state index < -0.39 is 0 Å². The van der Waals surface area contributed by atoms with Crippen LogP contribution in [0, 0.1) is 0 Å². The van der Waals surface area contributed by atoms with Gasteiger partial charge in [0.15, 0.2) is 0 Å². The zero-order valence-electron chi connectivity index (χ0n) is 11.0. The number of anilines is 1. The van der Waals surface area contributed by atoms with Crippen LogP contribution in [0.2, 0.25) is 5.02 Å². The van der Waals surface area contributed by atoms with Crippen molar-refractivity contribution >= 4 is 34.1 Å². The Labute approximate surface area is 122 Å². The van der Waals surface area contributed by atoms with Crippen LogP contribution in [0.3, 0.4) is 0 Å². The maximum absolute atomic E-state index is 11.6. The zero-order valence-corrected chi connectivity index (χ0v) is 11.8. The topological polar surface area (TPSA) is 54.0 Å². The van der Waals surface area contributed by atoms with Crippen LogP contribution in [-0.2, 0) is 4.79 Å². The number of carbonyl (C=O) groups is 1. The Morgan fingerprint density at radius 2 is 2.20 bits per heavy atom. The van der Waals surface area contributed by atoms with Crippen LogP contribution in [-0.4, -0.2) is 23.5 Å². The van der Waals surface area contributed by atoms with Crippen molar-refractivity contribution in [3.63, 3.8) is 0 Å². The highest BCUT2D eigenvalue weighted by molar-refractivity contribution is 6.31. The van der Waals surface area contributed by atoms with Crippen LogP contribution in [0.25, 0.3) is 10.9 Å². The van der Waals surface area contributed by atoms with Crippen LogP contribution in [0.15, 0.2) is 30.5 Å². The van der Waals surface area contributed by atoms with Gasteiger partial charge in [0.2, 0.25) is 5.91 Å². The van der Waals surface area contributed by atoms with Crippen LogP contribution in [0.1, 0.15) is 19.3 Å². The predicted octanol–water partition coefficient (Wildman–Crippen LogP) is 2.97. The fraction of sp³-hybridized carbons (Fsp3) is 0.333. The Morgan fingerprint density at radius 1 is 1.35 bits per heavy atom. The molecule has 0 radical (unpaired) electrons. The summed E-state index contributed by atoms with van der Waals surface area (Å²) in [5.74, 6) is 0.112. The standard InChI is InChI=1S/C15H16ClN3O/c16-10-1-4-12-13(5-7-18-14(12)9-10)17-8-6-15(20)19-11-2-3-11/h1,4-5,7,9,11H,2-3,6,8H2,(H,17,18)(H,19,20). The molecule has 0 atom stereocenters. The average Bonchev–Trinajstić information content (AvgIpc) is 3.22. The number of hydrogen-bond acceptors (Lipinski definition) is 3. The van der Waals surface area contributed by atoms with Gasteiger partial charge >= 0.3 is 0 Å². The van der Waals surface area contributed by atoms with Gasteiger partial charge in [-0.3, -0.25) is 9.78 Å². The van der Waals surface area contributed by atoms with Gasteiger partial charge in [0.1, 0.15) is 0 Å². The maximum Gasteiger partial charge on any atom is 0.221 e. The highest BCUT2D eigenvalue weighted by Gasteiger charge is 2.22. The summed E-state index contributed by atoms with van der Waals surface area (Å²) in [6.07, 6.45) is 4.46. The highest BCUT2D eigenvalue weighted by Crippen LogP contribution is 2.24. The number of carbonyl (C=O) groups excluding carboxylic acids is 1. The van der Waals surface area contributed by atoms with Crippen molar-refractivity contribution in [2.75, 3.05) is 11.9 Å². The smallest absolute Gasteiger partial charge is 0.221 e. The zero-order chi connectivity index (χ0) is 13.9. The molecule has 3 rings (SSSR count). The second-order valence-corrected chi connectivity index (χ2v) is 5.47. The fourth-order valence-corrected chi connectivity index (χ4v) is 2.28. The Bertz CT molecular complexity index is 640. The molecule has 2 N–H and O–H groups in total. The first-order valence-electron chi connectivity index (χ1n) is 6.80. The second kappa shape index (κ2) is 5.67. The minimum absolute atomic E-state index is 0.112. The number of hydrogen-bond donors (Lipinski definition) is 2. The second-order valence-electron chi connectivity index (χ2n) is 5.04. The first-order valence-corrected chi connectivity index (χ1v) is 7.18. The van der Waals surface area contributed by atoms with Crippen LogP contribution >= 0.6 is 11.6 Å². The third-order valence-corrected chi connectivity index (χ3v) is 3.55. The first-order chi connectivity index (χ1) is 9.72. The van der Waals surface area contributed by atoms with Gasteiger partial charge in [0, 0.05) is 41.3 Å². The molecule has 2 aromatic rings. The van der Waals surface area contributed by atoms with Gasteiger partial charge in [-0.2, -0.15) is 0 Å². The van der Waals surface area contributed by atoms with Crippen molar-refractivity contribution in [2.45, 2.75) is 25.3 Å². The molecule has 4 nitrogen and oxygen atoms in total.